The first-order valence-electron chi connectivity index (χ1n) is 10.2. The Kier molecular flexibility index (Phi) is 5.11. The van der Waals surface area contributed by atoms with Crippen molar-refractivity contribution in [1.82, 2.24) is 9.97 Å². The van der Waals surface area contributed by atoms with Crippen molar-refractivity contribution in [3.05, 3.63) is 70.6 Å². The number of nitrogens with zero attached hydrogens (tertiary/aromatic N) is 2. The predicted octanol–water partition coefficient (Wildman–Crippen LogP) is 5.64. The van der Waals surface area contributed by atoms with Gasteiger partial charge in [-0.1, -0.05) is 12.1 Å². The Morgan fingerprint density at radius 2 is 1.97 bits per heavy atom. The fourth-order valence-electron chi connectivity index (χ4n) is 3.99. The van der Waals surface area contributed by atoms with Crippen LogP contribution in [-0.4, -0.2) is 23.0 Å². The van der Waals surface area contributed by atoms with Gasteiger partial charge >= 0.3 is 0 Å². The molecule has 7 heteroatoms. The number of nitrogens with one attached hydrogen (secondary N) is 1. The SMILES string of the molecule is COc1ccc2nc3c(c(NC(=O)c4csc(-c5ccccc5F)n4)c2c1)CCCC3. The molecule has 2 heterocycles. The van der Waals surface area contributed by atoms with E-state index in [1.54, 1.807) is 30.7 Å². The number of anilines is 1. The van der Waals surface area contributed by atoms with Gasteiger partial charge in [-0.25, -0.2) is 9.37 Å². The van der Waals surface area contributed by atoms with E-state index >= 15 is 0 Å². The van der Waals surface area contributed by atoms with Crippen LogP contribution in [0.15, 0.2) is 47.8 Å². The number of benzene rings is 2. The monoisotopic (exact) mass is 433 g/mol. The lowest BCUT2D eigenvalue weighted by atomic mass is 9.92. The molecule has 0 atom stereocenters. The van der Waals surface area contributed by atoms with Gasteiger partial charge in [0, 0.05) is 22.0 Å². The molecule has 0 saturated heterocycles. The third kappa shape index (κ3) is 3.65. The van der Waals surface area contributed by atoms with Crippen LogP contribution >= 0.6 is 11.3 Å². The van der Waals surface area contributed by atoms with Crippen LogP contribution in [0.2, 0.25) is 0 Å². The smallest absolute Gasteiger partial charge is 0.275 e. The maximum Gasteiger partial charge on any atom is 0.275 e. The Morgan fingerprint density at radius 1 is 1.13 bits per heavy atom. The number of amides is 1. The van der Waals surface area contributed by atoms with E-state index in [9.17, 15) is 9.18 Å². The highest BCUT2D eigenvalue weighted by Crippen LogP contribution is 2.35. The van der Waals surface area contributed by atoms with E-state index in [1.807, 2.05) is 18.2 Å². The molecule has 0 spiro atoms. The third-order valence-corrected chi connectivity index (χ3v) is 6.42. The molecular weight excluding hydrogens is 413 g/mol. The van der Waals surface area contributed by atoms with E-state index in [2.05, 4.69) is 10.3 Å². The van der Waals surface area contributed by atoms with Crippen LogP contribution < -0.4 is 10.1 Å². The lowest BCUT2D eigenvalue weighted by Gasteiger charge is -2.21. The summed E-state index contributed by atoms with van der Waals surface area (Å²) in [4.78, 5) is 22.3. The number of methoxy groups -OCH3 is 1. The van der Waals surface area contributed by atoms with Crippen LogP contribution in [0.5, 0.6) is 5.75 Å². The zero-order valence-electron chi connectivity index (χ0n) is 16.9. The summed E-state index contributed by atoms with van der Waals surface area (Å²) in [5.74, 6) is 0.0306. The molecule has 31 heavy (non-hydrogen) atoms. The summed E-state index contributed by atoms with van der Waals surface area (Å²) in [5, 5.41) is 6.06. The average Bonchev–Trinajstić information content (AvgIpc) is 3.29. The minimum Gasteiger partial charge on any atom is -0.497 e. The van der Waals surface area contributed by atoms with Crippen molar-refractivity contribution in [3.8, 4) is 16.3 Å². The van der Waals surface area contributed by atoms with Gasteiger partial charge in [-0.15, -0.1) is 11.3 Å². The van der Waals surface area contributed by atoms with E-state index in [-0.39, 0.29) is 17.4 Å². The second kappa shape index (κ2) is 8.07. The van der Waals surface area contributed by atoms with Crippen molar-refractivity contribution in [1.29, 1.82) is 0 Å². The number of halogens is 1. The molecule has 2 aromatic carbocycles. The average molecular weight is 434 g/mol. The Morgan fingerprint density at radius 3 is 2.81 bits per heavy atom. The molecule has 1 aliphatic carbocycles. The molecule has 4 aromatic rings. The van der Waals surface area contributed by atoms with Crippen LogP contribution in [-0.2, 0) is 12.8 Å². The number of rotatable bonds is 4. The summed E-state index contributed by atoms with van der Waals surface area (Å²) in [6, 6.07) is 12.1. The summed E-state index contributed by atoms with van der Waals surface area (Å²) in [7, 11) is 1.62. The maximum atomic E-state index is 14.1. The Labute approximate surface area is 182 Å². The van der Waals surface area contributed by atoms with Gasteiger partial charge in [0.2, 0.25) is 0 Å². The molecule has 0 fully saturated rings. The van der Waals surface area contributed by atoms with Gasteiger partial charge in [0.15, 0.2) is 0 Å². The van der Waals surface area contributed by atoms with Gasteiger partial charge in [0.1, 0.15) is 22.3 Å². The molecule has 0 unspecified atom stereocenters. The van der Waals surface area contributed by atoms with E-state index in [0.717, 1.165) is 53.5 Å². The number of aryl methyl sites for hydroxylation is 1. The molecule has 0 bridgehead atoms. The lowest BCUT2D eigenvalue weighted by molar-refractivity contribution is 0.102. The van der Waals surface area contributed by atoms with Crippen molar-refractivity contribution in [2.45, 2.75) is 25.7 Å². The quantitative estimate of drug-likeness (QED) is 0.453. The molecule has 0 aliphatic heterocycles. The number of pyridine rings is 1. The Bertz CT molecular complexity index is 1300. The van der Waals surface area contributed by atoms with Gasteiger partial charge in [0.25, 0.3) is 5.91 Å². The van der Waals surface area contributed by atoms with Crippen LogP contribution in [0.1, 0.15) is 34.6 Å². The molecule has 1 N–H and O–H groups in total. The molecule has 0 saturated carbocycles. The summed E-state index contributed by atoms with van der Waals surface area (Å²) in [6.07, 6.45) is 3.91. The third-order valence-electron chi connectivity index (χ3n) is 5.55. The van der Waals surface area contributed by atoms with Crippen molar-refractivity contribution < 1.29 is 13.9 Å². The number of fused-ring (bicyclic) bond motifs is 2. The maximum absolute atomic E-state index is 14.1. The summed E-state index contributed by atoms with van der Waals surface area (Å²) in [6.45, 7) is 0. The first kappa shape index (κ1) is 19.6. The molecule has 2 aromatic heterocycles. The first-order chi connectivity index (χ1) is 15.1. The van der Waals surface area contributed by atoms with Gasteiger partial charge in [-0.05, 0) is 61.6 Å². The van der Waals surface area contributed by atoms with E-state index in [4.69, 9.17) is 9.72 Å². The van der Waals surface area contributed by atoms with E-state index in [1.165, 1.54) is 17.4 Å². The van der Waals surface area contributed by atoms with Gasteiger partial charge < -0.3 is 10.1 Å². The van der Waals surface area contributed by atoms with Gasteiger partial charge in [-0.3, -0.25) is 9.78 Å². The summed E-state index contributed by atoms with van der Waals surface area (Å²) < 4.78 is 19.5. The lowest BCUT2D eigenvalue weighted by Crippen LogP contribution is -2.17. The number of aromatic nitrogens is 2. The summed E-state index contributed by atoms with van der Waals surface area (Å²) >= 11 is 1.25. The van der Waals surface area contributed by atoms with Crippen molar-refractivity contribution in [2.24, 2.45) is 0 Å². The second-order valence-corrected chi connectivity index (χ2v) is 8.33. The highest BCUT2D eigenvalue weighted by atomic mass is 32.1. The molecular formula is C24H20FN3O2S. The zero-order chi connectivity index (χ0) is 21.4. The predicted molar refractivity (Wildman–Crippen MR) is 120 cm³/mol. The number of hydrogen-bond acceptors (Lipinski definition) is 5. The van der Waals surface area contributed by atoms with Gasteiger partial charge in [-0.2, -0.15) is 0 Å². The van der Waals surface area contributed by atoms with Crippen LogP contribution in [0.3, 0.4) is 0 Å². The molecule has 5 rings (SSSR count). The van der Waals surface area contributed by atoms with Crippen LogP contribution in [0.25, 0.3) is 21.5 Å². The fraction of sp³-hybridized carbons (Fsp3) is 0.208. The number of carbonyl (C=O) groups excluding carboxylic acids is 1. The molecule has 0 radical (unpaired) electrons. The number of ether oxygens (including phenoxy) is 1. The zero-order valence-corrected chi connectivity index (χ0v) is 17.8. The number of carbonyl (C=O) groups is 1. The molecule has 156 valence electrons. The fourth-order valence-corrected chi connectivity index (χ4v) is 4.81. The largest absolute Gasteiger partial charge is 0.497 e. The van der Waals surface area contributed by atoms with E-state index < -0.39 is 0 Å². The number of thiazole rings is 1. The Balaban J connectivity index is 1.54. The molecule has 1 aliphatic rings. The van der Waals surface area contributed by atoms with Crippen molar-refractivity contribution in [3.63, 3.8) is 0 Å². The standard InChI is InChI=1S/C24H20FN3O2S/c1-30-14-10-11-20-17(12-14)22(16-7-3-5-9-19(16)26-20)28-23(29)21-13-31-24(27-21)15-6-2-4-8-18(15)25/h2,4,6,8,10-13H,3,5,7,9H2,1H3,(H,26,28,29). The second-order valence-electron chi connectivity index (χ2n) is 7.47. The van der Waals surface area contributed by atoms with Crippen molar-refractivity contribution >= 4 is 33.8 Å². The minimum absolute atomic E-state index is 0.265. The van der Waals surface area contributed by atoms with E-state index in [0.29, 0.717) is 16.3 Å². The van der Waals surface area contributed by atoms with Crippen molar-refractivity contribution in [2.75, 3.05) is 12.4 Å². The van der Waals surface area contributed by atoms with Gasteiger partial charge in [0.05, 0.1) is 18.3 Å². The van der Waals surface area contributed by atoms with Crippen LogP contribution in [0, 0.1) is 5.82 Å². The highest BCUT2D eigenvalue weighted by molar-refractivity contribution is 7.13. The topological polar surface area (TPSA) is 64.1 Å². The molecule has 5 nitrogen and oxygen atoms in total. The number of hydrogen-bond donors (Lipinski definition) is 1. The van der Waals surface area contributed by atoms with Crippen LogP contribution in [0.4, 0.5) is 10.1 Å². The minimum atomic E-state index is -0.356. The first-order valence-corrected chi connectivity index (χ1v) is 11.0. The Hall–Kier alpha value is -3.32. The molecule has 1 amide bonds. The summed E-state index contributed by atoms with van der Waals surface area (Å²) in [5.41, 5.74) is 4.35. The highest BCUT2D eigenvalue weighted by Gasteiger charge is 2.22. The normalized spacial score (nSPS) is 13.1.